The van der Waals surface area contributed by atoms with Gasteiger partial charge >= 0.3 is 12.9 Å². The third-order valence-electron chi connectivity index (χ3n) is 2.81. The lowest BCUT2D eigenvalue weighted by atomic mass is 10.1. The van der Waals surface area contributed by atoms with Crippen LogP contribution in [0.5, 0.6) is 0 Å². The van der Waals surface area contributed by atoms with Gasteiger partial charge in [0.15, 0.2) is 6.07 Å². The Bertz CT molecular complexity index is 587. The summed E-state index contributed by atoms with van der Waals surface area (Å²) in [4.78, 5) is 3.39. The van der Waals surface area contributed by atoms with Gasteiger partial charge in [-0.15, -0.1) is 0 Å². The van der Waals surface area contributed by atoms with Crippen LogP contribution in [0.25, 0.3) is 4.85 Å². The zero-order valence-corrected chi connectivity index (χ0v) is 14.2. The summed E-state index contributed by atoms with van der Waals surface area (Å²) in [6.45, 7) is 14.3. The van der Waals surface area contributed by atoms with E-state index in [-0.39, 0.29) is 6.42 Å². The van der Waals surface area contributed by atoms with E-state index in [1.165, 1.54) is 0 Å². The topological polar surface area (TPSA) is 63.7 Å². The first-order valence-corrected chi connectivity index (χ1v) is 8.63. The number of nitriles is 1. The van der Waals surface area contributed by atoms with Gasteiger partial charge in [0.25, 0.3) is 0 Å². The zero-order valence-electron chi connectivity index (χ0n) is 13.3. The van der Waals surface area contributed by atoms with E-state index in [0.29, 0.717) is 0 Å². The summed E-state index contributed by atoms with van der Waals surface area (Å²) in [6, 6.07) is 10.9. The molecule has 0 radical (unpaired) electrons. The first kappa shape index (κ1) is 18.4. The molecule has 22 heavy (non-hydrogen) atoms. The van der Waals surface area contributed by atoms with Gasteiger partial charge in [0.05, 0.1) is 18.6 Å². The van der Waals surface area contributed by atoms with Gasteiger partial charge in [-0.3, -0.25) is 13.9 Å². The summed E-state index contributed by atoms with van der Waals surface area (Å²) in [5.41, 5.74) is 0.736. The SMILES string of the molecule is [C-]#[N+]C(C#N)(Cc1ccccc1)P(=O)(OC(C)C)OC(C)C. The Hall–Kier alpha value is -1.65. The monoisotopic (exact) mass is 320 g/mol. The highest BCUT2D eigenvalue weighted by Crippen LogP contribution is 2.63. The highest BCUT2D eigenvalue weighted by atomic mass is 31.2. The lowest BCUT2D eigenvalue weighted by Crippen LogP contribution is -2.30. The van der Waals surface area contributed by atoms with Crippen LogP contribution in [-0.2, 0) is 20.0 Å². The summed E-state index contributed by atoms with van der Waals surface area (Å²) in [7, 11) is -3.95. The average Bonchev–Trinajstić information content (AvgIpc) is 2.44. The van der Waals surface area contributed by atoms with Crippen molar-refractivity contribution < 1.29 is 13.6 Å². The van der Waals surface area contributed by atoms with Gasteiger partial charge in [-0.05, 0) is 33.3 Å². The quantitative estimate of drug-likeness (QED) is 0.551. The molecule has 0 fully saturated rings. The molecule has 0 aliphatic heterocycles. The second-order valence-electron chi connectivity index (χ2n) is 5.51. The summed E-state index contributed by atoms with van der Waals surface area (Å²) in [5.74, 6) is 0. The highest BCUT2D eigenvalue weighted by molar-refractivity contribution is 7.56. The van der Waals surface area contributed by atoms with Crippen LogP contribution in [0.1, 0.15) is 33.3 Å². The molecule has 0 saturated carbocycles. The van der Waals surface area contributed by atoms with Gasteiger partial charge in [0.2, 0.25) is 0 Å². The molecular formula is C16H21N2O3P. The van der Waals surface area contributed by atoms with Crippen LogP contribution in [0.4, 0.5) is 0 Å². The number of hydrogen-bond donors (Lipinski definition) is 0. The summed E-state index contributed by atoms with van der Waals surface area (Å²) in [6.07, 6.45) is -0.852. The van der Waals surface area contributed by atoms with Crippen LogP contribution >= 0.6 is 7.60 Å². The van der Waals surface area contributed by atoms with Crippen molar-refractivity contribution in [2.75, 3.05) is 0 Å². The van der Waals surface area contributed by atoms with E-state index in [2.05, 4.69) is 4.85 Å². The van der Waals surface area contributed by atoms with E-state index in [4.69, 9.17) is 15.6 Å². The second-order valence-corrected chi connectivity index (χ2v) is 7.66. The summed E-state index contributed by atoms with van der Waals surface area (Å²) in [5, 5.41) is 7.72. The van der Waals surface area contributed by atoms with E-state index < -0.39 is 25.1 Å². The van der Waals surface area contributed by atoms with Crippen LogP contribution in [0.15, 0.2) is 30.3 Å². The minimum absolute atomic E-state index is 0.00937. The fraction of sp³-hybridized carbons (Fsp3) is 0.500. The van der Waals surface area contributed by atoms with Crippen molar-refractivity contribution in [1.29, 1.82) is 5.26 Å². The number of rotatable bonds is 7. The molecule has 1 rings (SSSR count). The molecule has 1 atom stereocenters. The first-order chi connectivity index (χ1) is 10.3. The Balaban J connectivity index is 3.32. The smallest absolute Gasteiger partial charge is 0.299 e. The lowest BCUT2D eigenvalue weighted by Gasteiger charge is -2.27. The van der Waals surface area contributed by atoms with Gasteiger partial charge in [-0.1, -0.05) is 30.3 Å². The molecule has 0 aromatic heterocycles. The predicted octanol–water partition coefficient (Wildman–Crippen LogP) is 4.41. The van der Waals surface area contributed by atoms with E-state index in [0.717, 1.165) is 5.56 Å². The van der Waals surface area contributed by atoms with E-state index in [9.17, 15) is 9.83 Å². The molecule has 6 heteroatoms. The standard InChI is InChI=1S/C16H21N2O3P/c1-13(2)20-22(19,21-14(3)4)16(12-17,18-5)11-15-9-7-6-8-10-15/h6-10,13-14H,11H2,1-4H3. The Labute approximate surface area is 132 Å². The zero-order chi connectivity index (χ0) is 16.8. The van der Waals surface area contributed by atoms with Crippen molar-refractivity contribution >= 4 is 7.60 Å². The van der Waals surface area contributed by atoms with Gasteiger partial charge in [-0.25, -0.2) is 11.1 Å². The molecular weight excluding hydrogens is 299 g/mol. The van der Waals surface area contributed by atoms with Crippen LogP contribution in [-0.4, -0.2) is 17.5 Å². The largest absolute Gasteiger partial charge is 0.432 e. The molecule has 0 amide bonds. The molecule has 0 aliphatic rings. The fourth-order valence-electron chi connectivity index (χ4n) is 1.96. The van der Waals surface area contributed by atoms with E-state index in [1.807, 2.05) is 12.1 Å². The number of nitrogens with zero attached hydrogens (tertiary/aromatic N) is 2. The van der Waals surface area contributed by atoms with E-state index in [1.54, 1.807) is 52.0 Å². The molecule has 1 aromatic rings. The minimum Gasteiger partial charge on any atom is -0.299 e. The number of hydrogen-bond acceptors (Lipinski definition) is 4. The van der Waals surface area contributed by atoms with Crippen molar-refractivity contribution in [3.05, 3.63) is 47.3 Å². The average molecular weight is 320 g/mol. The van der Waals surface area contributed by atoms with Crippen molar-refractivity contribution in [2.45, 2.75) is 51.6 Å². The van der Waals surface area contributed by atoms with Crippen molar-refractivity contribution in [3.63, 3.8) is 0 Å². The Morgan fingerprint density at radius 2 is 1.73 bits per heavy atom. The molecule has 0 N–H and O–H groups in total. The van der Waals surface area contributed by atoms with Crippen LogP contribution in [0.3, 0.4) is 0 Å². The maximum atomic E-state index is 13.2. The molecule has 0 saturated heterocycles. The highest BCUT2D eigenvalue weighted by Gasteiger charge is 2.60. The normalized spacial score (nSPS) is 14.4. The third kappa shape index (κ3) is 4.18. The molecule has 0 spiro atoms. The molecule has 5 nitrogen and oxygen atoms in total. The minimum atomic E-state index is -3.95. The van der Waals surface area contributed by atoms with Crippen LogP contribution in [0.2, 0.25) is 0 Å². The van der Waals surface area contributed by atoms with Gasteiger partial charge < -0.3 is 0 Å². The second kappa shape index (κ2) is 7.56. The van der Waals surface area contributed by atoms with Crippen molar-refractivity contribution in [2.24, 2.45) is 0 Å². The molecule has 1 aromatic carbocycles. The fourth-order valence-corrected chi connectivity index (χ4v) is 4.09. The molecule has 118 valence electrons. The Morgan fingerprint density at radius 1 is 1.23 bits per heavy atom. The predicted molar refractivity (Wildman–Crippen MR) is 85.1 cm³/mol. The van der Waals surface area contributed by atoms with Crippen LogP contribution < -0.4 is 0 Å². The van der Waals surface area contributed by atoms with Crippen molar-refractivity contribution in [3.8, 4) is 6.07 Å². The maximum Gasteiger partial charge on any atom is 0.432 e. The lowest BCUT2D eigenvalue weighted by molar-refractivity contribution is 0.134. The Morgan fingerprint density at radius 3 is 2.09 bits per heavy atom. The summed E-state index contributed by atoms with van der Waals surface area (Å²) < 4.78 is 24.2. The summed E-state index contributed by atoms with van der Waals surface area (Å²) >= 11 is 0. The Kier molecular flexibility index (Phi) is 6.33. The first-order valence-electron chi connectivity index (χ1n) is 7.09. The number of benzene rings is 1. The van der Waals surface area contributed by atoms with Crippen molar-refractivity contribution in [1.82, 2.24) is 0 Å². The van der Waals surface area contributed by atoms with Gasteiger partial charge in [-0.2, -0.15) is 5.26 Å². The molecule has 1 unspecified atom stereocenters. The molecule has 0 bridgehead atoms. The van der Waals surface area contributed by atoms with Gasteiger partial charge in [0, 0.05) is 0 Å². The van der Waals surface area contributed by atoms with Crippen LogP contribution in [0, 0.1) is 17.9 Å². The molecule has 0 aliphatic carbocycles. The maximum absolute atomic E-state index is 13.2. The van der Waals surface area contributed by atoms with Gasteiger partial charge in [0.1, 0.15) is 0 Å². The van der Waals surface area contributed by atoms with E-state index >= 15 is 0 Å². The molecule has 0 heterocycles. The third-order valence-corrected chi connectivity index (χ3v) is 5.47.